The van der Waals surface area contributed by atoms with Crippen LogP contribution in [-0.2, 0) is 5.54 Å². The van der Waals surface area contributed by atoms with Gasteiger partial charge >= 0.3 is 0 Å². The van der Waals surface area contributed by atoms with Crippen LogP contribution in [0.4, 0.5) is 4.39 Å². The molecule has 2 aromatic heterocycles. The van der Waals surface area contributed by atoms with Crippen LogP contribution in [-0.4, -0.2) is 26.2 Å². The third-order valence-electron chi connectivity index (χ3n) is 5.80. The minimum absolute atomic E-state index is 0.134. The highest BCUT2D eigenvalue weighted by Gasteiger charge is 2.39. The minimum atomic E-state index is -0.310. The molecule has 0 aliphatic heterocycles. The quantitative estimate of drug-likeness (QED) is 0.599. The van der Waals surface area contributed by atoms with Gasteiger partial charge in [0, 0.05) is 22.9 Å². The van der Waals surface area contributed by atoms with Crippen LogP contribution in [0.2, 0.25) is 0 Å². The topological polar surface area (TPSA) is 59.8 Å². The van der Waals surface area contributed by atoms with Crippen molar-refractivity contribution in [2.24, 2.45) is 5.92 Å². The first-order valence-corrected chi connectivity index (χ1v) is 10.7. The van der Waals surface area contributed by atoms with Crippen molar-refractivity contribution in [3.8, 4) is 22.6 Å². The molecule has 0 saturated heterocycles. The molecule has 3 aromatic rings. The normalized spacial score (nSPS) is 14.5. The lowest BCUT2D eigenvalue weighted by molar-refractivity contribution is 0.0903. The Morgan fingerprint density at radius 1 is 1.03 bits per heavy atom. The van der Waals surface area contributed by atoms with Crippen molar-refractivity contribution in [3.63, 3.8) is 0 Å². The van der Waals surface area contributed by atoms with Gasteiger partial charge in [-0.1, -0.05) is 0 Å². The van der Waals surface area contributed by atoms with Gasteiger partial charge in [-0.15, -0.1) is 0 Å². The van der Waals surface area contributed by atoms with Crippen molar-refractivity contribution in [1.82, 2.24) is 20.1 Å². The van der Waals surface area contributed by atoms with Gasteiger partial charge in [-0.2, -0.15) is 5.10 Å². The Balaban J connectivity index is 1.80. The minimum Gasteiger partial charge on any atom is -0.347 e. The highest BCUT2D eigenvalue weighted by atomic mass is 19.1. The largest absolute Gasteiger partial charge is 0.347 e. The van der Waals surface area contributed by atoms with E-state index in [1.54, 1.807) is 24.4 Å². The van der Waals surface area contributed by atoms with Crippen LogP contribution < -0.4 is 5.32 Å². The Morgan fingerprint density at radius 2 is 1.68 bits per heavy atom. The van der Waals surface area contributed by atoms with Gasteiger partial charge in [0.2, 0.25) is 0 Å². The number of carbonyl (C=O) groups is 1. The summed E-state index contributed by atoms with van der Waals surface area (Å²) in [5.74, 6) is 0.0669. The second kappa shape index (κ2) is 7.59. The van der Waals surface area contributed by atoms with E-state index in [9.17, 15) is 9.18 Å². The summed E-state index contributed by atoms with van der Waals surface area (Å²) in [5, 5.41) is 7.66. The molecule has 0 bridgehead atoms. The molecular formula is C25H29FN4O. The Hall–Kier alpha value is -3.02. The van der Waals surface area contributed by atoms with E-state index in [1.807, 2.05) is 16.8 Å². The van der Waals surface area contributed by atoms with E-state index in [1.165, 1.54) is 12.1 Å². The van der Waals surface area contributed by atoms with Crippen LogP contribution >= 0.6 is 0 Å². The number of benzene rings is 1. The Bertz CT molecular complexity index is 1110. The van der Waals surface area contributed by atoms with Crippen molar-refractivity contribution >= 4 is 5.91 Å². The average Bonchev–Trinajstić information content (AvgIpc) is 3.44. The molecule has 0 radical (unpaired) electrons. The van der Waals surface area contributed by atoms with Crippen molar-refractivity contribution in [3.05, 3.63) is 60.0 Å². The van der Waals surface area contributed by atoms with Gasteiger partial charge < -0.3 is 5.32 Å². The molecular weight excluding hydrogens is 391 g/mol. The lowest BCUT2D eigenvalue weighted by Crippen LogP contribution is -2.45. The molecule has 0 spiro atoms. The highest BCUT2D eigenvalue weighted by Crippen LogP contribution is 2.39. The van der Waals surface area contributed by atoms with Crippen molar-refractivity contribution in [1.29, 1.82) is 0 Å². The lowest BCUT2D eigenvalue weighted by atomic mass is 9.97. The average molecular weight is 421 g/mol. The zero-order valence-corrected chi connectivity index (χ0v) is 18.7. The summed E-state index contributed by atoms with van der Waals surface area (Å²) in [7, 11) is 0. The second-order valence-corrected chi connectivity index (χ2v) is 9.88. The Morgan fingerprint density at radius 3 is 2.29 bits per heavy atom. The summed E-state index contributed by atoms with van der Waals surface area (Å²) in [6.07, 6.45) is 4.02. The van der Waals surface area contributed by atoms with Gasteiger partial charge in [0.05, 0.1) is 22.6 Å². The van der Waals surface area contributed by atoms with E-state index in [0.29, 0.717) is 22.9 Å². The highest BCUT2D eigenvalue weighted by molar-refractivity contribution is 5.96. The number of amides is 1. The zero-order chi connectivity index (χ0) is 22.4. The van der Waals surface area contributed by atoms with Gasteiger partial charge in [0.1, 0.15) is 5.82 Å². The first-order chi connectivity index (χ1) is 14.5. The predicted octanol–water partition coefficient (Wildman–Crippen LogP) is 5.42. The fourth-order valence-electron chi connectivity index (χ4n) is 3.87. The van der Waals surface area contributed by atoms with E-state index in [4.69, 9.17) is 4.98 Å². The number of nitrogens with zero attached hydrogens (tertiary/aromatic N) is 3. The molecule has 2 heterocycles. The Labute approximate surface area is 182 Å². The molecule has 31 heavy (non-hydrogen) atoms. The number of halogens is 1. The van der Waals surface area contributed by atoms with Crippen LogP contribution in [0.1, 0.15) is 57.8 Å². The summed E-state index contributed by atoms with van der Waals surface area (Å²) in [5.41, 5.74) is 2.87. The molecule has 1 aromatic carbocycles. The van der Waals surface area contributed by atoms with E-state index in [2.05, 4.69) is 45.0 Å². The number of hydrogen-bond donors (Lipinski definition) is 1. The van der Waals surface area contributed by atoms with Crippen LogP contribution in [0, 0.1) is 11.7 Å². The van der Waals surface area contributed by atoms with E-state index < -0.39 is 0 Å². The molecule has 1 fully saturated rings. The van der Waals surface area contributed by atoms with Crippen LogP contribution in [0.15, 0.2) is 48.7 Å². The molecule has 1 aliphatic rings. The molecule has 1 aliphatic carbocycles. The zero-order valence-electron chi connectivity index (χ0n) is 18.7. The van der Waals surface area contributed by atoms with Crippen LogP contribution in [0.5, 0.6) is 0 Å². The SMILES string of the molecule is CC(C)(NC(=O)c1cc(-c2ccc(F)cc2)nc(-c2ccnn2C(C)(C)C)c1)C1CC1. The monoisotopic (exact) mass is 420 g/mol. The third kappa shape index (κ3) is 4.53. The Kier molecular flexibility index (Phi) is 5.20. The van der Waals surface area contributed by atoms with Gasteiger partial charge in [-0.25, -0.2) is 9.37 Å². The van der Waals surface area contributed by atoms with Crippen molar-refractivity contribution < 1.29 is 9.18 Å². The molecule has 1 amide bonds. The first-order valence-electron chi connectivity index (χ1n) is 10.7. The van der Waals surface area contributed by atoms with Crippen LogP contribution in [0.25, 0.3) is 22.6 Å². The number of carbonyl (C=O) groups excluding carboxylic acids is 1. The molecule has 0 atom stereocenters. The molecule has 162 valence electrons. The number of hydrogen-bond acceptors (Lipinski definition) is 3. The summed E-state index contributed by atoms with van der Waals surface area (Å²) < 4.78 is 15.4. The van der Waals surface area contributed by atoms with E-state index >= 15 is 0 Å². The molecule has 5 nitrogen and oxygen atoms in total. The third-order valence-corrected chi connectivity index (χ3v) is 5.80. The van der Waals surface area contributed by atoms with Crippen molar-refractivity contribution in [2.45, 2.75) is 58.5 Å². The molecule has 0 unspecified atom stereocenters. The van der Waals surface area contributed by atoms with E-state index in [-0.39, 0.29) is 22.8 Å². The van der Waals surface area contributed by atoms with E-state index in [0.717, 1.165) is 24.1 Å². The number of nitrogens with one attached hydrogen (secondary N) is 1. The molecule has 1 saturated carbocycles. The standard InChI is InChI=1S/C25H29FN4O/c1-24(2,3)30-22(12-13-27-30)21-15-17(23(31)29-25(4,5)18-8-9-18)14-20(28-21)16-6-10-19(26)11-7-16/h6-7,10-15,18H,8-9H2,1-5H3,(H,29,31). The van der Waals surface area contributed by atoms with Gasteiger partial charge in [-0.3, -0.25) is 9.48 Å². The predicted molar refractivity (Wildman–Crippen MR) is 120 cm³/mol. The van der Waals surface area contributed by atoms with Crippen LogP contribution in [0.3, 0.4) is 0 Å². The number of aromatic nitrogens is 3. The summed E-state index contributed by atoms with van der Waals surface area (Å²) in [4.78, 5) is 18.0. The summed E-state index contributed by atoms with van der Waals surface area (Å²) in [6, 6.07) is 11.6. The lowest BCUT2D eigenvalue weighted by Gasteiger charge is -2.26. The molecule has 6 heteroatoms. The maximum Gasteiger partial charge on any atom is 0.251 e. The molecule has 1 N–H and O–H groups in total. The summed E-state index contributed by atoms with van der Waals surface area (Å²) in [6.45, 7) is 10.3. The number of rotatable bonds is 5. The van der Waals surface area contributed by atoms with Gasteiger partial charge in [0.25, 0.3) is 5.91 Å². The molecule has 4 rings (SSSR count). The second-order valence-electron chi connectivity index (χ2n) is 9.88. The van der Waals surface area contributed by atoms with Gasteiger partial charge in [0.15, 0.2) is 0 Å². The number of pyridine rings is 1. The van der Waals surface area contributed by atoms with Gasteiger partial charge in [-0.05, 0) is 95.8 Å². The smallest absolute Gasteiger partial charge is 0.251 e. The fourth-order valence-corrected chi connectivity index (χ4v) is 3.87. The van der Waals surface area contributed by atoms with Crippen molar-refractivity contribution in [2.75, 3.05) is 0 Å². The maximum absolute atomic E-state index is 13.5. The summed E-state index contributed by atoms with van der Waals surface area (Å²) >= 11 is 0. The maximum atomic E-state index is 13.5. The fraction of sp³-hybridized carbons (Fsp3) is 0.400. The first kappa shape index (κ1) is 21.2.